The van der Waals surface area contributed by atoms with Crippen molar-refractivity contribution in [3.63, 3.8) is 0 Å². The molecule has 0 heterocycles. The first-order chi connectivity index (χ1) is 11.9. The molecule has 4 nitrogen and oxygen atoms in total. The van der Waals surface area contributed by atoms with Gasteiger partial charge >= 0.3 is 0 Å². The zero-order valence-corrected chi connectivity index (χ0v) is 15.1. The molecular formula is C21H26N2O2. The van der Waals surface area contributed by atoms with Gasteiger partial charge in [0.25, 0.3) is 0 Å². The summed E-state index contributed by atoms with van der Waals surface area (Å²) >= 11 is 0. The van der Waals surface area contributed by atoms with Gasteiger partial charge in [-0.25, -0.2) is 0 Å². The Bertz CT molecular complexity index is 706. The standard InChI is InChI=1S/C21H26N2O2/c1-16-9-11-17(12-10-16)21(2,3)14-13-19(24)22-15-20(25)23-18-7-5-4-6-8-18/h4-12H,13-15H2,1-3H3,(H,22,24)(H,23,25). The second kappa shape index (κ2) is 8.47. The average molecular weight is 338 g/mol. The molecule has 0 fully saturated rings. The molecule has 0 spiro atoms. The minimum atomic E-state index is -0.225. The van der Waals surface area contributed by atoms with E-state index in [1.807, 2.05) is 30.3 Å². The first-order valence-corrected chi connectivity index (χ1v) is 8.55. The number of aryl methyl sites for hydroxylation is 1. The van der Waals surface area contributed by atoms with Crippen LogP contribution < -0.4 is 10.6 Å². The van der Waals surface area contributed by atoms with E-state index in [9.17, 15) is 9.59 Å². The summed E-state index contributed by atoms with van der Waals surface area (Å²) in [6, 6.07) is 17.6. The van der Waals surface area contributed by atoms with Crippen LogP contribution in [0.1, 0.15) is 37.8 Å². The van der Waals surface area contributed by atoms with Gasteiger partial charge in [-0.3, -0.25) is 9.59 Å². The number of carbonyl (C=O) groups is 2. The third-order valence-corrected chi connectivity index (χ3v) is 4.31. The molecule has 0 aliphatic rings. The van der Waals surface area contributed by atoms with Gasteiger partial charge in [0.2, 0.25) is 11.8 Å². The van der Waals surface area contributed by atoms with Crippen molar-refractivity contribution in [3.05, 3.63) is 65.7 Å². The van der Waals surface area contributed by atoms with Crippen molar-refractivity contribution in [2.45, 2.75) is 39.0 Å². The smallest absolute Gasteiger partial charge is 0.243 e. The van der Waals surface area contributed by atoms with E-state index in [0.717, 1.165) is 12.1 Å². The number of hydrogen-bond donors (Lipinski definition) is 2. The van der Waals surface area contributed by atoms with Gasteiger partial charge in [-0.1, -0.05) is 61.9 Å². The van der Waals surface area contributed by atoms with Crippen molar-refractivity contribution in [2.75, 3.05) is 11.9 Å². The minimum Gasteiger partial charge on any atom is -0.347 e. The normalized spacial score (nSPS) is 11.0. The van der Waals surface area contributed by atoms with Crippen LogP contribution in [0.3, 0.4) is 0 Å². The third kappa shape index (κ3) is 6.07. The van der Waals surface area contributed by atoms with Gasteiger partial charge in [-0.05, 0) is 36.5 Å². The molecule has 0 unspecified atom stereocenters. The lowest BCUT2D eigenvalue weighted by atomic mass is 9.80. The van der Waals surface area contributed by atoms with E-state index in [-0.39, 0.29) is 23.8 Å². The highest BCUT2D eigenvalue weighted by molar-refractivity contribution is 5.94. The highest BCUT2D eigenvalue weighted by Crippen LogP contribution is 2.28. The van der Waals surface area contributed by atoms with Crippen LogP contribution in [-0.2, 0) is 15.0 Å². The van der Waals surface area contributed by atoms with E-state index < -0.39 is 0 Å². The molecule has 4 heteroatoms. The number of benzene rings is 2. The topological polar surface area (TPSA) is 58.2 Å². The average Bonchev–Trinajstić information content (AvgIpc) is 2.59. The minimum absolute atomic E-state index is 0.0152. The molecule has 0 aliphatic carbocycles. The first-order valence-electron chi connectivity index (χ1n) is 8.55. The molecule has 0 saturated heterocycles. The fraction of sp³-hybridized carbons (Fsp3) is 0.333. The van der Waals surface area contributed by atoms with Crippen LogP contribution in [0.2, 0.25) is 0 Å². The quantitative estimate of drug-likeness (QED) is 0.806. The molecule has 0 saturated carbocycles. The Morgan fingerprint density at radius 2 is 1.56 bits per heavy atom. The van der Waals surface area contributed by atoms with Crippen LogP contribution in [0, 0.1) is 6.92 Å². The van der Waals surface area contributed by atoms with Gasteiger partial charge in [-0.15, -0.1) is 0 Å². The highest BCUT2D eigenvalue weighted by Gasteiger charge is 2.21. The summed E-state index contributed by atoms with van der Waals surface area (Å²) in [5.74, 6) is -0.333. The van der Waals surface area contributed by atoms with Crippen LogP contribution in [0.4, 0.5) is 5.69 Å². The first kappa shape index (κ1) is 18.7. The number of carbonyl (C=O) groups excluding carboxylic acids is 2. The molecule has 0 radical (unpaired) electrons. The van der Waals surface area contributed by atoms with Crippen LogP contribution in [0.5, 0.6) is 0 Å². The third-order valence-electron chi connectivity index (χ3n) is 4.31. The van der Waals surface area contributed by atoms with Crippen molar-refractivity contribution < 1.29 is 9.59 Å². The lowest BCUT2D eigenvalue weighted by molar-refractivity contribution is -0.124. The molecule has 2 N–H and O–H groups in total. The van der Waals surface area contributed by atoms with Gasteiger partial charge in [0.1, 0.15) is 0 Å². The summed E-state index contributed by atoms with van der Waals surface area (Å²) in [5, 5.41) is 5.43. The highest BCUT2D eigenvalue weighted by atomic mass is 16.2. The monoisotopic (exact) mass is 338 g/mol. The summed E-state index contributed by atoms with van der Waals surface area (Å²) in [6.45, 7) is 6.31. The lowest BCUT2D eigenvalue weighted by Gasteiger charge is -2.25. The van der Waals surface area contributed by atoms with Gasteiger partial charge in [0.05, 0.1) is 6.54 Å². The Kier molecular flexibility index (Phi) is 6.34. The molecule has 0 aliphatic heterocycles. The lowest BCUT2D eigenvalue weighted by Crippen LogP contribution is -2.33. The van der Waals surface area contributed by atoms with Crippen molar-refractivity contribution in [1.82, 2.24) is 5.32 Å². The number of rotatable bonds is 7. The number of amides is 2. The number of hydrogen-bond acceptors (Lipinski definition) is 2. The molecule has 2 amide bonds. The van der Waals surface area contributed by atoms with Crippen molar-refractivity contribution in [3.8, 4) is 0 Å². The number of para-hydroxylation sites is 1. The second-order valence-electron chi connectivity index (χ2n) is 6.94. The van der Waals surface area contributed by atoms with E-state index >= 15 is 0 Å². The SMILES string of the molecule is Cc1ccc(C(C)(C)CCC(=O)NCC(=O)Nc2ccccc2)cc1. The van der Waals surface area contributed by atoms with E-state index in [0.29, 0.717) is 6.42 Å². The molecule has 0 aromatic heterocycles. The van der Waals surface area contributed by atoms with E-state index in [1.165, 1.54) is 11.1 Å². The van der Waals surface area contributed by atoms with Gasteiger partial charge in [0, 0.05) is 12.1 Å². The predicted molar refractivity (Wildman–Crippen MR) is 102 cm³/mol. The Morgan fingerprint density at radius 1 is 0.920 bits per heavy atom. The predicted octanol–water partition coefficient (Wildman–Crippen LogP) is 3.81. The summed E-state index contributed by atoms with van der Waals surface area (Å²) in [5.41, 5.74) is 3.08. The Labute approximate surface area is 149 Å². The van der Waals surface area contributed by atoms with Crippen molar-refractivity contribution in [1.29, 1.82) is 0 Å². The van der Waals surface area contributed by atoms with E-state index in [4.69, 9.17) is 0 Å². The molecule has 132 valence electrons. The zero-order valence-electron chi connectivity index (χ0n) is 15.1. The molecule has 2 aromatic rings. The number of anilines is 1. The van der Waals surface area contributed by atoms with E-state index in [1.54, 1.807) is 0 Å². The Hall–Kier alpha value is -2.62. The molecule has 0 bridgehead atoms. The maximum absolute atomic E-state index is 12.0. The fourth-order valence-electron chi connectivity index (χ4n) is 2.57. The Balaban J connectivity index is 1.76. The summed E-state index contributed by atoms with van der Waals surface area (Å²) < 4.78 is 0. The van der Waals surface area contributed by atoms with Gasteiger partial charge < -0.3 is 10.6 Å². The molecule has 0 atom stereocenters. The summed E-state index contributed by atoms with van der Waals surface area (Å²) in [7, 11) is 0. The van der Waals surface area contributed by atoms with Crippen LogP contribution >= 0.6 is 0 Å². The fourth-order valence-corrected chi connectivity index (χ4v) is 2.57. The van der Waals surface area contributed by atoms with Crippen molar-refractivity contribution in [2.24, 2.45) is 0 Å². The van der Waals surface area contributed by atoms with Crippen molar-refractivity contribution >= 4 is 17.5 Å². The summed E-state index contributed by atoms with van der Waals surface area (Å²) in [4.78, 5) is 23.9. The van der Waals surface area contributed by atoms with Crippen LogP contribution in [-0.4, -0.2) is 18.4 Å². The van der Waals surface area contributed by atoms with Crippen LogP contribution in [0.25, 0.3) is 0 Å². The maximum atomic E-state index is 12.0. The largest absolute Gasteiger partial charge is 0.347 e. The van der Waals surface area contributed by atoms with E-state index in [2.05, 4.69) is 55.7 Å². The molecule has 2 rings (SSSR count). The van der Waals surface area contributed by atoms with Crippen LogP contribution in [0.15, 0.2) is 54.6 Å². The zero-order chi connectivity index (χ0) is 18.3. The van der Waals surface area contributed by atoms with Gasteiger partial charge in [0.15, 0.2) is 0 Å². The second-order valence-corrected chi connectivity index (χ2v) is 6.94. The number of nitrogens with one attached hydrogen (secondary N) is 2. The molecular weight excluding hydrogens is 312 g/mol. The Morgan fingerprint density at radius 3 is 2.20 bits per heavy atom. The maximum Gasteiger partial charge on any atom is 0.243 e. The molecule has 25 heavy (non-hydrogen) atoms. The molecule has 2 aromatic carbocycles. The van der Waals surface area contributed by atoms with Gasteiger partial charge in [-0.2, -0.15) is 0 Å². The summed E-state index contributed by atoms with van der Waals surface area (Å²) in [6.07, 6.45) is 1.11.